The van der Waals surface area contributed by atoms with Crippen molar-refractivity contribution in [3.05, 3.63) is 35.5 Å². The fraction of sp³-hybridized carbons (Fsp3) is 0.591. The maximum Gasteiger partial charge on any atom is 0.136 e. The van der Waals surface area contributed by atoms with Crippen molar-refractivity contribution in [2.75, 3.05) is 6.54 Å². The third kappa shape index (κ3) is 3.27. The molecule has 4 rings (SSSR count). The largest absolute Gasteiger partial charge is 0.357 e. The number of aromatic amines is 1. The first kappa shape index (κ1) is 16.8. The number of piperidine rings is 1. The predicted octanol–water partition coefficient (Wildman–Crippen LogP) is 5.16. The number of H-pyrrole nitrogens is 1. The number of fused-ring (bicyclic) bond motifs is 5. The van der Waals surface area contributed by atoms with Crippen LogP contribution in [0.3, 0.4) is 0 Å². The van der Waals surface area contributed by atoms with Crippen molar-refractivity contribution >= 4 is 16.7 Å². The van der Waals surface area contributed by atoms with Crippen molar-refractivity contribution in [3.8, 4) is 0 Å². The Balaban J connectivity index is 1.52. The number of para-hydroxylation sites is 1. The maximum atomic E-state index is 12.4. The third-order valence-corrected chi connectivity index (χ3v) is 6.19. The lowest BCUT2D eigenvalue weighted by molar-refractivity contribution is -0.126. The number of unbranched alkanes of at least 4 members (excludes halogenated alkanes) is 4. The molecule has 0 radical (unpaired) electrons. The fourth-order valence-corrected chi connectivity index (χ4v) is 4.92. The van der Waals surface area contributed by atoms with E-state index in [0.717, 1.165) is 19.4 Å². The molecule has 3 heteroatoms. The van der Waals surface area contributed by atoms with Crippen LogP contribution in [0.2, 0.25) is 0 Å². The number of ketones is 1. The minimum absolute atomic E-state index is 0.276. The number of aromatic nitrogens is 1. The number of nitrogens with zero attached hydrogens (tertiary/aromatic N) is 1. The molecule has 0 saturated carbocycles. The summed E-state index contributed by atoms with van der Waals surface area (Å²) >= 11 is 0. The zero-order chi connectivity index (χ0) is 17.2. The number of rotatable bonds is 6. The molecule has 134 valence electrons. The van der Waals surface area contributed by atoms with Gasteiger partial charge in [-0.1, -0.05) is 57.2 Å². The zero-order valence-electron chi connectivity index (χ0n) is 15.4. The second kappa shape index (κ2) is 7.33. The molecule has 1 aromatic heterocycles. The van der Waals surface area contributed by atoms with Crippen molar-refractivity contribution in [1.82, 2.24) is 9.88 Å². The molecular weight excluding hydrogens is 308 g/mol. The summed E-state index contributed by atoms with van der Waals surface area (Å²) in [5.74, 6) is 0.450. The summed E-state index contributed by atoms with van der Waals surface area (Å²) in [4.78, 5) is 18.7. The van der Waals surface area contributed by atoms with Gasteiger partial charge in [-0.05, 0) is 24.5 Å². The lowest BCUT2D eigenvalue weighted by atomic mass is 9.85. The Hall–Kier alpha value is -1.61. The van der Waals surface area contributed by atoms with Crippen molar-refractivity contribution in [1.29, 1.82) is 0 Å². The van der Waals surface area contributed by atoms with Gasteiger partial charge in [0.05, 0.1) is 6.04 Å². The average molecular weight is 338 g/mol. The van der Waals surface area contributed by atoms with E-state index in [1.54, 1.807) is 0 Å². The monoisotopic (exact) mass is 338 g/mol. The van der Waals surface area contributed by atoms with Gasteiger partial charge in [0.25, 0.3) is 0 Å². The third-order valence-electron chi connectivity index (χ3n) is 6.19. The lowest BCUT2D eigenvalue weighted by Gasteiger charge is -2.44. The molecule has 2 aliphatic rings. The second-order valence-corrected chi connectivity index (χ2v) is 7.87. The molecule has 0 bridgehead atoms. The van der Waals surface area contributed by atoms with Crippen LogP contribution in [0, 0.1) is 0 Å². The zero-order valence-corrected chi connectivity index (χ0v) is 15.4. The van der Waals surface area contributed by atoms with Crippen LogP contribution in [-0.2, 0) is 11.2 Å². The summed E-state index contributed by atoms with van der Waals surface area (Å²) in [5.41, 5.74) is 3.99. The fourth-order valence-electron chi connectivity index (χ4n) is 4.92. The van der Waals surface area contributed by atoms with Gasteiger partial charge in [0, 0.05) is 42.0 Å². The minimum Gasteiger partial charge on any atom is -0.357 e. The molecule has 3 heterocycles. The number of nitrogens with one attached hydrogen (secondary N) is 1. The smallest absolute Gasteiger partial charge is 0.136 e. The van der Waals surface area contributed by atoms with Crippen LogP contribution in [0.5, 0.6) is 0 Å². The first-order chi connectivity index (χ1) is 12.3. The van der Waals surface area contributed by atoms with Crippen LogP contribution in [0.4, 0.5) is 0 Å². The number of Topliss-reactive ketones (excluding diaryl/α,β-unsaturated/α-hetero) is 1. The second-order valence-electron chi connectivity index (χ2n) is 7.87. The van der Waals surface area contributed by atoms with Gasteiger partial charge in [0.2, 0.25) is 0 Å². The van der Waals surface area contributed by atoms with Gasteiger partial charge >= 0.3 is 0 Å². The molecule has 25 heavy (non-hydrogen) atoms. The van der Waals surface area contributed by atoms with Gasteiger partial charge in [0.15, 0.2) is 0 Å². The highest BCUT2D eigenvalue weighted by Crippen LogP contribution is 2.41. The molecule has 1 N–H and O–H groups in total. The Morgan fingerprint density at radius 2 is 1.96 bits per heavy atom. The number of carbonyl (C=O) groups is 1. The molecule has 0 aliphatic carbocycles. The van der Waals surface area contributed by atoms with E-state index in [9.17, 15) is 4.79 Å². The summed E-state index contributed by atoms with van der Waals surface area (Å²) in [5, 5.41) is 1.35. The summed E-state index contributed by atoms with van der Waals surface area (Å²) in [6.07, 6.45) is 10.3. The number of hydrogen-bond donors (Lipinski definition) is 1. The topological polar surface area (TPSA) is 36.1 Å². The average Bonchev–Trinajstić information content (AvgIpc) is 3.00. The maximum absolute atomic E-state index is 12.4. The Morgan fingerprint density at radius 3 is 2.84 bits per heavy atom. The molecule has 0 spiro atoms. The van der Waals surface area contributed by atoms with Crippen LogP contribution in [0.25, 0.3) is 10.9 Å². The molecular formula is C22H30N2O. The van der Waals surface area contributed by atoms with E-state index >= 15 is 0 Å². The predicted molar refractivity (Wildman–Crippen MR) is 103 cm³/mol. The summed E-state index contributed by atoms with van der Waals surface area (Å²) in [6.45, 7) is 3.36. The molecule has 2 aliphatic heterocycles. The number of benzene rings is 1. The van der Waals surface area contributed by atoms with Crippen LogP contribution in [-0.4, -0.2) is 28.3 Å². The van der Waals surface area contributed by atoms with E-state index in [0.29, 0.717) is 18.2 Å². The highest BCUT2D eigenvalue weighted by molar-refractivity contribution is 5.86. The quantitative estimate of drug-likeness (QED) is 0.739. The van der Waals surface area contributed by atoms with E-state index in [1.165, 1.54) is 60.7 Å². The van der Waals surface area contributed by atoms with E-state index in [4.69, 9.17) is 0 Å². The summed E-state index contributed by atoms with van der Waals surface area (Å²) in [7, 11) is 0. The number of hydrogen-bond acceptors (Lipinski definition) is 2. The van der Waals surface area contributed by atoms with Gasteiger partial charge in [-0.2, -0.15) is 0 Å². The van der Waals surface area contributed by atoms with Crippen LogP contribution < -0.4 is 0 Å². The Morgan fingerprint density at radius 1 is 1.12 bits per heavy atom. The van der Waals surface area contributed by atoms with Crippen molar-refractivity contribution in [2.24, 2.45) is 0 Å². The van der Waals surface area contributed by atoms with Crippen LogP contribution >= 0.6 is 0 Å². The molecule has 1 saturated heterocycles. The van der Waals surface area contributed by atoms with Gasteiger partial charge in [-0.15, -0.1) is 0 Å². The van der Waals surface area contributed by atoms with E-state index in [2.05, 4.69) is 41.1 Å². The van der Waals surface area contributed by atoms with E-state index in [1.807, 2.05) is 0 Å². The van der Waals surface area contributed by atoms with Crippen LogP contribution in [0.15, 0.2) is 24.3 Å². The van der Waals surface area contributed by atoms with Crippen molar-refractivity contribution in [2.45, 2.75) is 76.8 Å². The van der Waals surface area contributed by atoms with Gasteiger partial charge in [-0.25, -0.2) is 0 Å². The normalized spacial score (nSPS) is 23.6. The van der Waals surface area contributed by atoms with Gasteiger partial charge in [-0.3, -0.25) is 9.69 Å². The molecule has 3 nitrogen and oxygen atoms in total. The van der Waals surface area contributed by atoms with E-state index in [-0.39, 0.29) is 6.04 Å². The SMILES string of the molecule is CCCCCCC[C@@H]1CC(=O)C[C@@H]2c3[nH]c4ccccc4c3CCN12. The Bertz CT molecular complexity index is 748. The first-order valence-corrected chi connectivity index (χ1v) is 10.1. The van der Waals surface area contributed by atoms with Gasteiger partial charge < -0.3 is 4.98 Å². The Kier molecular flexibility index (Phi) is 4.93. The first-order valence-electron chi connectivity index (χ1n) is 10.1. The van der Waals surface area contributed by atoms with Crippen LogP contribution in [0.1, 0.15) is 75.6 Å². The summed E-state index contributed by atoms with van der Waals surface area (Å²) in [6, 6.07) is 9.32. The molecule has 0 amide bonds. The molecule has 1 aromatic carbocycles. The standard InChI is InChI=1S/C22H30N2O/c1-2-3-4-5-6-9-16-14-17(25)15-21-22-19(12-13-24(16)21)18-10-7-8-11-20(18)23-22/h7-8,10-11,16,21,23H,2-6,9,12-15H2,1H3/t16-,21-/m1/s1. The highest BCUT2D eigenvalue weighted by atomic mass is 16.1. The molecule has 2 atom stereocenters. The minimum atomic E-state index is 0.276. The molecule has 2 aromatic rings. The molecule has 0 unspecified atom stereocenters. The summed E-state index contributed by atoms with van der Waals surface area (Å²) < 4.78 is 0. The van der Waals surface area contributed by atoms with Crippen molar-refractivity contribution < 1.29 is 4.79 Å². The lowest BCUT2D eigenvalue weighted by Crippen LogP contribution is -2.48. The van der Waals surface area contributed by atoms with E-state index < -0.39 is 0 Å². The van der Waals surface area contributed by atoms with Crippen molar-refractivity contribution in [3.63, 3.8) is 0 Å². The Labute approximate surface area is 150 Å². The molecule has 1 fully saturated rings. The van der Waals surface area contributed by atoms with Gasteiger partial charge in [0.1, 0.15) is 5.78 Å². The number of carbonyl (C=O) groups excluding carboxylic acids is 1. The highest BCUT2D eigenvalue weighted by Gasteiger charge is 2.39.